The van der Waals surface area contributed by atoms with Gasteiger partial charge in [0.2, 0.25) is 0 Å². The summed E-state index contributed by atoms with van der Waals surface area (Å²) in [5.41, 5.74) is 4.95. The van der Waals surface area contributed by atoms with E-state index in [-0.39, 0.29) is 12.6 Å². The van der Waals surface area contributed by atoms with Crippen molar-refractivity contribution < 1.29 is 9.53 Å². The number of thiazole rings is 1. The van der Waals surface area contributed by atoms with E-state index in [1.807, 2.05) is 55.5 Å². The molecule has 0 saturated heterocycles. The minimum Gasteiger partial charge on any atom is -0.460 e. The molecule has 0 unspecified atom stereocenters. The van der Waals surface area contributed by atoms with Gasteiger partial charge >= 0.3 is 5.97 Å². The van der Waals surface area contributed by atoms with Crippen LogP contribution < -0.4 is 0 Å². The van der Waals surface area contributed by atoms with Crippen LogP contribution in [0.3, 0.4) is 0 Å². The molecule has 4 aromatic rings. The second-order valence-corrected chi connectivity index (χ2v) is 7.31. The molecule has 6 heteroatoms. The van der Waals surface area contributed by atoms with Crippen molar-refractivity contribution in [3.05, 3.63) is 59.1 Å². The molecule has 0 fully saturated rings. The van der Waals surface area contributed by atoms with Crippen molar-refractivity contribution >= 4 is 28.3 Å². The minimum absolute atomic E-state index is 0.195. The summed E-state index contributed by atoms with van der Waals surface area (Å²) in [6.07, 6.45) is 0.383. The number of benzene rings is 2. The standard InChI is InChI=1S/C21H19N3O2S/c1-3-19(25)26-12-18-13(2)22-21(27-18)15-10-8-14(9-11-15)20-23-16-6-4-5-7-17(16)24-20/h4-11H,3,12H2,1-2H3,(H,23,24). The number of carbonyl (C=O) groups is 1. The van der Waals surface area contributed by atoms with Gasteiger partial charge in [-0.1, -0.05) is 43.3 Å². The molecule has 0 spiro atoms. The summed E-state index contributed by atoms with van der Waals surface area (Å²) in [5, 5.41) is 0.922. The molecule has 136 valence electrons. The molecule has 0 amide bonds. The second kappa shape index (κ2) is 7.32. The number of para-hydroxylation sites is 2. The van der Waals surface area contributed by atoms with Gasteiger partial charge in [-0.2, -0.15) is 0 Å². The Morgan fingerprint density at radius 1 is 1.07 bits per heavy atom. The summed E-state index contributed by atoms with van der Waals surface area (Å²) < 4.78 is 5.23. The lowest BCUT2D eigenvalue weighted by Gasteiger charge is -2.00. The van der Waals surface area contributed by atoms with Gasteiger partial charge in [0.1, 0.15) is 17.4 Å². The van der Waals surface area contributed by atoms with Gasteiger partial charge in [-0.15, -0.1) is 11.3 Å². The van der Waals surface area contributed by atoms with Crippen molar-refractivity contribution in [3.8, 4) is 22.0 Å². The highest BCUT2D eigenvalue weighted by Crippen LogP contribution is 2.30. The van der Waals surface area contributed by atoms with Crippen molar-refractivity contribution in [1.29, 1.82) is 0 Å². The molecule has 0 atom stereocenters. The van der Waals surface area contributed by atoms with E-state index in [0.29, 0.717) is 6.42 Å². The maximum atomic E-state index is 11.4. The van der Waals surface area contributed by atoms with E-state index in [2.05, 4.69) is 15.0 Å². The second-order valence-electron chi connectivity index (χ2n) is 6.22. The number of nitrogens with one attached hydrogen (secondary N) is 1. The predicted octanol–water partition coefficient (Wildman–Crippen LogP) is 5.12. The van der Waals surface area contributed by atoms with E-state index in [4.69, 9.17) is 4.74 Å². The number of ether oxygens (including phenoxy) is 1. The third-order valence-electron chi connectivity index (χ3n) is 4.34. The van der Waals surface area contributed by atoms with Crippen LogP contribution >= 0.6 is 11.3 Å². The molecule has 5 nitrogen and oxygen atoms in total. The number of esters is 1. The largest absolute Gasteiger partial charge is 0.460 e. The quantitative estimate of drug-likeness (QED) is 0.491. The van der Waals surface area contributed by atoms with E-state index < -0.39 is 0 Å². The molecule has 2 aromatic heterocycles. The van der Waals surface area contributed by atoms with Gasteiger partial charge in [-0.25, -0.2) is 9.97 Å². The number of hydrogen-bond donors (Lipinski definition) is 1. The number of carbonyl (C=O) groups excluding carboxylic acids is 1. The number of hydrogen-bond acceptors (Lipinski definition) is 5. The fraction of sp³-hybridized carbons (Fsp3) is 0.190. The Balaban J connectivity index is 1.56. The number of rotatable bonds is 5. The van der Waals surface area contributed by atoms with Gasteiger partial charge in [0.05, 0.1) is 21.6 Å². The Hall–Kier alpha value is -2.99. The van der Waals surface area contributed by atoms with Gasteiger partial charge in [0.15, 0.2) is 0 Å². The lowest BCUT2D eigenvalue weighted by Crippen LogP contribution is -2.01. The molecule has 2 aromatic carbocycles. The summed E-state index contributed by atoms with van der Waals surface area (Å²) in [4.78, 5) is 24.9. The van der Waals surface area contributed by atoms with Crippen LogP contribution in [0.2, 0.25) is 0 Å². The Kier molecular flexibility index (Phi) is 4.73. The van der Waals surface area contributed by atoms with E-state index in [9.17, 15) is 4.79 Å². The Bertz CT molecular complexity index is 1060. The van der Waals surface area contributed by atoms with Gasteiger partial charge in [-0.3, -0.25) is 4.79 Å². The van der Waals surface area contributed by atoms with Crippen LogP contribution in [-0.4, -0.2) is 20.9 Å². The SMILES string of the molecule is CCC(=O)OCc1sc(-c2ccc(-c3nc4ccccc4[nH]3)cc2)nc1C. The maximum Gasteiger partial charge on any atom is 0.305 e. The molecule has 0 aliphatic rings. The van der Waals surface area contributed by atoms with Crippen LogP contribution in [0.15, 0.2) is 48.5 Å². The summed E-state index contributed by atoms with van der Waals surface area (Å²) >= 11 is 1.56. The van der Waals surface area contributed by atoms with Crippen molar-refractivity contribution in [2.24, 2.45) is 0 Å². The number of aromatic amines is 1. The topological polar surface area (TPSA) is 67.9 Å². The zero-order valence-corrected chi connectivity index (χ0v) is 16.0. The highest BCUT2D eigenvalue weighted by atomic mass is 32.1. The predicted molar refractivity (Wildman–Crippen MR) is 107 cm³/mol. The normalized spacial score (nSPS) is 11.0. The van der Waals surface area contributed by atoms with Crippen LogP contribution in [0.4, 0.5) is 0 Å². The van der Waals surface area contributed by atoms with Gasteiger partial charge in [0.25, 0.3) is 0 Å². The lowest BCUT2D eigenvalue weighted by molar-refractivity contribution is -0.144. The van der Waals surface area contributed by atoms with Gasteiger partial charge in [0, 0.05) is 17.5 Å². The average molecular weight is 377 g/mol. The van der Waals surface area contributed by atoms with Crippen LogP contribution in [-0.2, 0) is 16.1 Å². The highest BCUT2D eigenvalue weighted by Gasteiger charge is 2.12. The van der Waals surface area contributed by atoms with Crippen molar-refractivity contribution in [2.45, 2.75) is 26.9 Å². The van der Waals surface area contributed by atoms with Crippen LogP contribution in [0.25, 0.3) is 33.0 Å². The van der Waals surface area contributed by atoms with E-state index in [0.717, 1.165) is 43.6 Å². The van der Waals surface area contributed by atoms with Crippen LogP contribution in [0.5, 0.6) is 0 Å². The molecule has 0 aliphatic carbocycles. The Labute approximate surface area is 161 Å². The number of imidazole rings is 1. The molecule has 27 heavy (non-hydrogen) atoms. The minimum atomic E-state index is -0.195. The molecule has 0 saturated carbocycles. The first-order chi connectivity index (χ1) is 13.1. The smallest absolute Gasteiger partial charge is 0.305 e. The van der Waals surface area contributed by atoms with Gasteiger partial charge < -0.3 is 9.72 Å². The molecule has 0 radical (unpaired) electrons. The van der Waals surface area contributed by atoms with Crippen molar-refractivity contribution in [3.63, 3.8) is 0 Å². The number of aromatic nitrogens is 3. The van der Waals surface area contributed by atoms with E-state index >= 15 is 0 Å². The zero-order valence-electron chi connectivity index (χ0n) is 15.2. The number of aryl methyl sites for hydroxylation is 1. The average Bonchev–Trinajstić information content (AvgIpc) is 3.29. The summed E-state index contributed by atoms with van der Waals surface area (Å²) in [7, 11) is 0. The summed E-state index contributed by atoms with van der Waals surface area (Å²) in [5.74, 6) is 0.657. The summed E-state index contributed by atoms with van der Waals surface area (Å²) in [6, 6.07) is 16.2. The zero-order chi connectivity index (χ0) is 18.8. The Morgan fingerprint density at radius 2 is 1.81 bits per heavy atom. The molecule has 2 heterocycles. The van der Waals surface area contributed by atoms with Gasteiger partial charge in [-0.05, 0) is 19.1 Å². The molecular weight excluding hydrogens is 358 g/mol. The van der Waals surface area contributed by atoms with Crippen molar-refractivity contribution in [2.75, 3.05) is 0 Å². The summed E-state index contributed by atoms with van der Waals surface area (Å²) in [6.45, 7) is 4.02. The first-order valence-electron chi connectivity index (χ1n) is 8.81. The maximum absolute atomic E-state index is 11.4. The monoisotopic (exact) mass is 377 g/mol. The van der Waals surface area contributed by atoms with E-state index in [1.165, 1.54) is 0 Å². The molecule has 0 aliphatic heterocycles. The fourth-order valence-corrected chi connectivity index (χ4v) is 3.77. The number of fused-ring (bicyclic) bond motifs is 1. The third-order valence-corrected chi connectivity index (χ3v) is 5.52. The van der Waals surface area contributed by atoms with Crippen molar-refractivity contribution in [1.82, 2.24) is 15.0 Å². The lowest BCUT2D eigenvalue weighted by atomic mass is 10.1. The number of H-pyrrole nitrogens is 1. The van der Waals surface area contributed by atoms with E-state index in [1.54, 1.807) is 18.3 Å². The molecular formula is C21H19N3O2S. The first kappa shape index (κ1) is 17.4. The molecule has 4 rings (SSSR count). The highest BCUT2D eigenvalue weighted by molar-refractivity contribution is 7.15. The third kappa shape index (κ3) is 3.61. The molecule has 0 bridgehead atoms. The van der Waals surface area contributed by atoms with Crippen LogP contribution in [0, 0.1) is 6.92 Å². The fourth-order valence-electron chi connectivity index (χ4n) is 2.79. The molecule has 1 N–H and O–H groups in total. The first-order valence-corrected chi connectivity index (χ1v) is 9.63. The Morgan fingerprint density at radius 3 is 2.56 bits per heavy atom. The number of nitrogens with zero attached hydrogens (tertiary/aromatic N) is 2. The van der Waals surface area contributed by atoms with Crippen LogP contribution in [0.1, 0.15) is 23.9 Å².